The average Bonchev–Trinajstić information content (AvgIpc) is 3.66. The summed E-state index contributed by atoms with van der Waals surface area (Å²) in [6.45, 7) is 7.17. The predicted molar refractivity (Wildman–Crippen MR) is 125 cm³/mol. The van der Waals surface area contributed by atoms with Crippen molar-refractivity contribution in [2.24, 2.45) is 5.92 Å². The quantitative estimate of drug-likeness (QED) is 0.345. The van der Waals surface area contributed by atoms with Gasteiger partial charge in [0.1, 0.15) is 5.60 Å². The zero-order valence-electron chi connectivity index (χ0n) is 19.9. The maximum absolute atomic E-state index is 12.8. The number of anilines is 1. The van der Waals surface area contributed by atoms with Crippen molar-refractivity contribution in [1.29, 1.82) is 0 Å². The summed E-state index contributed by atoms with van der Waals surface area (Å²) in [5, 5.41) is 3.27. The highest BCUT2D eigenvalue weighted by Crippen LogP contribution is 2.59. The highest BCUT2D eigenvalue weighted by molar-refractivity contribution is 5.76. The molecule has 0 bridgehead atoms. The lowest BCUT2D eigenvalue weighted by Crippen LogP contribution is -2.59. The number of epoxide rings is 2. The van der Waals surface area contributed by atoms with E-state index in [1.807, 2.05) is 24.3 Å². The van der Waals surface area contributed by atoms with E-state index >= 15 is 0 Å². The fourth-order valence-corrected chi connectivity index (χ4v) is 5.56. The third kappa shape index (κ3) is 4.87. The van der Waals surface area contributed by atoms with Crippen molar-refractivity contribution in [2.75, 3.05) is 19.5 Å². The van der Waals surface area contributed by atoms with Crippen LogP contribution in [0.15, 0.2) is 35.9 Å². The molecule has 2 saturated heterocycles. The minimum atomic E-state index is -0.276. The predicted octanol–water partition coefficient (Wildman–Crippen LogP) is 3.78. The number of hydrogen-bond acceptors (Lipinski definition) is 5. The maximum Gasteiger partial charge on any atom is 0.220 e. The normalized spacial score (nSPS) is 35.4. The first kappa shape index (κ1) is 23.3. The average molecular weight is 443 g/mol. The second kappa shape index (κ2) is 9.16. The molecule has 1 saturated carbocycles. The number of nitrogens with one attached hydrogen (secondary N) is 1. The molecule has 3 fully saturated rings. The van der Waals surface area contributed by atoms with Gasteiger partial charge in [-0.1, -0.05) is 23.8 Å². The Morgan fingerprint density at radius 2 is 2.03 bits per heavy atom. The summed E-state index contributed by atoms with van der Waals surface area (Å²) in [6, 6.07) is 7.84. The van der Waals surface area contributed by atoms with E-state index in [9.17, 15) is 4.79 Å². The lowest BCUT2D eigenvalue weighted by atomic mass is 9.67. The van der Waals surface area contributed by atoms with Crippen LogP contribution in [-0.4, -0.2) is 49.1 Å². The first-order valence-corrected chi connectivity index (χ1v) is 11.9. The third-order valence-electron chi connectivity index (χ3n) is 7.49. The van der Waals surface area contributed by atoms with Gasteiger partial charge in [-0.3, -0.25) is 4.79 Å². The van der Waals surface area contributed by atoms with Gasteiger partial charge < -0.3 is 25.3 Å². The highest BCUT2D eigenvalue weighted by atomic mass is 16.6. The molecule has 0 aromatic heterocycles. The minimum Gasteiger partial charge on any atom is -0.399 e. The largest absolute Gasteiger partial charge is 0.399 e. The van der Waals surface area contributed by atoms with Crippen molar-refractivity contribution < 1.29 is 19.0 Å². The molecule has 1 spiro atoms. The molecule has 1 aromatic carbocycles. The SMILES string of the molecule is CO[C@@H]1[C@H](NC(=O)CCCc2ccc(N)cc2)CC[C@]2(CO2)[C@H]1[C@@]1(C)O[C@@H]1CC=C(C)C. The Labute approximate surface area is 191 Å². The Kier molecular flexibility index (Phi) is 6.66. The Bertz CT molecular complexity index is 844. The van der Waals surface area contributed by atoms with Crippen molar-refractivity contribution in [3.63, 3.8) is 0 Å². The van der Waals surface area contributed by atoms with E-state index in [1.165, 1.54) is 11.1 Å². The molecule has 1 aliphatic carbocycles. The number of carbonyl (C=O) groups is 1. The molecule has 2 heterocycles. The molecule has 6 heteroatoms. The van der Waals surface area contributed by atoms with E-state index in [0.29, 0.717) is 6.42 Å². The molecule has 2 aliphatic heterocycles. The van der Waals surface area contributed by atoms with E-state index in [-0.39, 0.29) is 41.3 Å². The third-order valence-corrected chi connectivity index (χ3v) is 7.49. The van der Waals surface area contributed by atoms with Crippen molar-refractivity contribution in [3.8, 4) is 0 Å². The van der Waals surface area contributed by atoms with Crippen molar-refractivity contribution in [2.45, 2.75) is 88.7 Å². The number of allylic oxidation sites excluding steroid dienone is 1. The fourth-order valence-electron chi connectivity index (χ4n) is 5.56. The van der Waals surface area contributed by atoms with E-state index < -0.39 is 0 Å². The molecule has 32 heavy (non-hydrogen) atoms. The van der Waals surface area contributed by atoms with Crippen molar-refractivity contribution in [3.05, 3.63) is 41.5 Å². The Hall–Kier alpha value is -1.89. The lowest BCUT2D eigenvalue weighted by Gasteiger charge is -2.43. The van der Waals surface area contributed by atoms with E-state index in [1.54, 1.807) is 7.11 Å². The minimum absolute atomic E-state index is 0.0195. The summed E-state index contributed by atoms with van der Waals surface area (Å²) in [4.78, 5) is 12.8. The smallest absolute Gasteiger partial charge is 0.220 e. The van der Waals surface area contributed by atoms with Gasteiger partial charge in [0.25, 0.3) is 0 Å². The van der Waals surface area contributed by atoms with Crippen molar-refractivity contribution in [1.82, 2.24) is 5.32 Å². The van der Waals surface area contributed by atoms with Gasteiger partial charge in [0.2, 0.25) is 5.91 Å². The van der Waals surface area contributed by atoms with Crippen LogP contribution in [0.4, 0.5) is 5.69 Å². The molecule has 4 rings (SSSR count). The number of methoxy groups -OCH3 is 1. The molecule has 6 nitrogen and oxygen atoms in total. The first-order valence-electron chi connectivity index (χ1n) is 11.9. The van der Waals surface area contributed by atoms with Crippen LogP contribution in [0.2, 0.25) is 0 Å². The molecule has 3 aliphatic rings. The van der Waals surface area contributed by atoms with Gasteiger partial charge in [0.05, 0.1) is 30.5 Å². The molecular weight excluding hydrogens is 404 g/mol. The van der Waals surface area contributed by atoms with Crippen LogP contribution in [-0.2, 0) is 25.4 Å². The zero-order valence-corrected chi connectivity index (χ0v) is 19.9. The molecule has 1 aromatic rings. The maximum atomic E-state index is 12.8. The van der Waals surface area contributed by atoms with Crippen LogP contribution in [0.3, 0.4) is 0 Å². The number of nitrogens with two attached hydrogens (primary N) is 1. The number of rotatable bonds is 9. The monoisotopic (exact) mass is 442 g/mol. The second-order valence-corrected chi connectivity index (χ2v) is 10.1. The van der Waals surface area contributed by atoms with Crippen LogP contribution in [0, 0.1) is 5.92 Å². The van der Waals surface area contributed by atoms with Crippen molar-refractivity contribution >= 4 is 11.6 Å². The topological polar surface area (TPSA) is 89.4 Å². The van der Waals surface area contributed by atoms with Gasteiger partial charge in [-0.25, -0.2) is 0 Å². The number of nitrogen functional groups attached to an aromatic ring is 1. The summed E-state index contributed by atoms with van der Waals surface area (Å²) < 4.78 is 18.3. The highest BCUT2D eigenvalue weighted by Gasteiger charge is 2.71. The summed E-state index contributed by atoms with van der Waals surface area (Å²) in [7, 11) is 1.75. The van der Waals surface area contributed by atoms with Crippen LogP contribution in [0.25, 0.3) is 0 Å². The van der Waals surface area contributed by atoms with Gasteiger partial charge >= 0.3 is 0 Å². The summed E-state index contributed by atoms with van der Waals surface area (Å²) >= 11 is 0. The Morgan fingerprint density at radius 1 is 1.31 bits per heavy atom. The molecule has 6 atom stereocenters. The second-order valence-electron chi connectivity index (χ2n) is 10.1. The van der Waals surface area contributed by atoms with E-state index in [4.69, 9.17) is 19.9 Å². The standard InChI is InChI=1S/C26H38N2O4/c1-17(2)8-13-21-25(3,32-21)24-23(30-4)20(14-15-26(24)16-31-26)28-22(29)7-5-6-18-9-11-19(27)12-10-18/h8-12,20-21,23-24H,5-7,13-16,27H2,1-4H3,(H,28,29)/t20-,21-,23-,24-,25+,26+/m1/s1. The van der Waals surface area contributed by atoms with Crippen LogP contribution < -0.4 is 11.1 Å². The van der Waals surface area contributed by atoms with E-state index in [0.717, 1.165) is 44.4 Å². The molecular formula is C26H38N2O4. The summed E-state index contributed by atoms with van der Waals surface area (Å²) in [5.74, 6) is 0.200. The van der Waals surface area contributed by atoms with Crippen LogP contribution >= 0.6 is 0 Å². The van der Waals surface area contributed by atoms with Gasteiger partial charge in [0, 0.05) is 25.1 Å². The molecule has 3 N–H and O–H groups in total. The number of amides is 1. The molecule has 1 amide bonds. The molecule has 0 radical (unpaired) electrons. The number of carbonyl (C=O) groups excluding carboxylic acids is 1. The van der Waals surface area contributed by atoms with Gasteiger partial charge in [-0.2, -0.15) is 0 Å². The lowest BCUT2D eigenvalue weighted by molar-refractivity contribution is -0.126. The van der Waals surface area contributed by atoms with Gasteiger partial charge in [-0.05, 0) is 70.6 Å². The van der Waals surface area contributed by atoms with Crippen LogP contribution in [0.1, 0.15) is 58.4 Å². The van der Waals surface area contributed by atoms with Gasteiger partial charge in [-0.15, -0.1) is 0 Å². The summed E-state index contributed by atoms with van der Waals surface area (Å²) in [6.07, 6.45) is 7.18. The number of hydrogen-bond donors (Lipinski definition) is 2. The number of aryl methyl sites for hydroxylation is 1. The number of benzene rings is 1. The molecule has 176 valence electrons. The van der Waals surface area contributed by atoms with Crippen LogP contribution in [0.5, 0.6) is 0 Å². The summed E-state index contributed by atoms with van der Waals surface area (Å²) in [5.41, 5.74) is 8.57. The molecule has 0 unspecified atom stereocenters. The number of ether oxygens (including phenoxy) is 3. The Morgan fingerprint density at radius 3 is 2.66 bits per heavy atom. The van der Waals surface area contributed by atoms with Gasteiger partial charge in [0.15, 0.2) is 0 Å². The zero-order chi connectivity index (χ0) is 22.9. The Balaban J connectivity index is 1.35. The fraction of sp³-hybridized carbons (Fsp3) is 0.654. The van der Waals surface area contributed by atoms with E-state index in [2.05, 4.69) is 32.2 Å². The first-order chi connectivity index (χ1) is 15.3.